The zero-order valence-corrected chi connectivity index (χ0v) is 13.2. The van der Waals surface area contributed by atoms with Gasteiger partial charge in [0.25, 0.3) is 0 Å². The lowest BCUT2D eigenvalue weighted by atomic mass is 10.1. The van der Waals surface area contributed by atoms with Gasteiger partial charge < -0.3 is 10.6 Å². The molecule has 1 heterocycles. The fourth-order valence-corrected chi connectivity index (χ4v) is 2.90. The first-order chi connectivity index (χ1) is 10.1. The predicted octanol–water partition coefficient (Wildman–Crippen LogP) is 1.42. The Kier molecular flexibility index (Phi) is 5.76. The minimum Gasteiger partial charge on any atom is -0.340 e. The first kappa shape index (κ1) is 16.0. The number of piperazine rings is 1. The number of nitrogens with zero attached hydrogens (tertiary/aromatic N) is 2. The third kappa shape index (κ3) is 4.29. The van der Waals surface area contributed by atoms with Crippen LogP contribution < -0.4 is 5.73 Å². The van der Waals surface area contributed by atoms with E-state index in [1.807, 2.05) is 17.0 Å². The molecule has 0 spiro atoms. The van der Waals surface area contributed by atoms with E-state index in [0.717, 1.165) is 38.2 Å². The van der Waals surface area contributed by atoms with Gasteiger partial charge in [-0.1, -0.05) is 36.8 Å². The lowest BCUT2D eigenvalue weighted by Crippen LogP contribution is -2.53. The number of hydrogen-bond acceptors (Lipinski definition) is 3. The van der Waals surface area contributed by atoms with E-state index in [4.69, 9.17) is 5.73 Å². The molecule has 4 nitrogen and oxygen atoms in total. The summed E-state index contributed by atoms with van der Waals surface area (Å²) < 4.78 is 0. The summed E-state index contributed by atoms with van der Waals surface area (Å²) in [5, 5.41) is 0. The highest BCUT2D eigenvalue weighted by molar-refractivity contribution is 5.78. The fourth-order valence-electron chi connectivity index (χ4n) is 2.90. The third-order valence-corrected chi connectivity index (χ3v) is 4.40. The smallest absolute Gasteiger partial charge is 0.227 e. The maximum absolute atomic E-state index is 12.4. The summed E-state index contributed by atoms with van der Waals surface area (Å²) in [6.45, 7) is 8.46. The van der Waals surface area contributed by atoms with E-state index in [2.05, 4.69) is 30.9 Å². The molecular weight excluding hydrogens is 262 g/mol. The van der Waals surface area contributed by atoms with Crippen molar-refractivity contribution in [3.8, 4) is 0 Å². The number of hydrogen-bond donors (Lipinski definition) is 1. The fraction of sp³-hybridized carbons (Fsp3) is 0.588. The molecule has 0 bridgehead atoms. The van der Waals surface area contributed by atoms with Gasteiger partial charge in [-0.2, -0.15) is 0 Å². The maximum Gasteiger partial charge on any atom is 0.227 e. The molecule has 1 aliphatic rings. The monoisotopic (exact) mass is 289 g/mol. The van der Waals surface area contributed by atoms with Crippen molar-refractivity contribution in [1.82, 2.24) is 9.80 Å². The molecule has 1 aromatic carbocycles. The van der Waals surface area contributed by atoms with Crippen LogP contribution in [-0.2, 0) is 11.2 Å². The van der Waals surface area contributed by atoms with E-state index in [1.165, 1.54) is 5.56 Å². The molecule has 0 saturated carbocycles. The van der Waals surface area contributed by atoms with Crippen LogP contribution in [0.15, 0.2) is 24.3 Å². The molecule has 21 heavy (non-hydrogen) atoms. The van der Waals surface area contributed by atoms with Gasteiger partial charge in [0, 0.05) is 38.8 Å². The highest BCUT2D eigenvalue weighted by Gasteiger charge is 2.24. The molecule has 0 aliphatic carbocycles. The number of benzene rings is 1. The summed E-state index contributed by atoms with van der Waals surface area (Å²) in [5.74, 6) is 0.235. The standard InChI is InChI=1S/C17H27N3O/c1-3-16(13-18)19-8-10-20(11-9-19)17(21)12-15-6-4-14(2)5-7-15/h4-7,16H,3,8-13,18H2,1-2H3. The topological polar surface area (TPSA) is 49.6 Å². The Labute approximate surface area is 127 Å². The molecular formula is C17H27N3O. The van der Waals surface area contributed by atoms with Gasteiger partial charge in [0.15, 0.2) is 0 Å². The van der Waals surface area contributed by atoms with Gasteiger partial charge in [-0.25, -0.2) is 0 Å². The summed E-state index contributed by atoms with van der Waals surface area (Å²) in [7, 11) is 0. The Hall–Kier alpha value is -1.39. The second-order valence-electron chi connectivity index (χ2n) is 5.88. The second kappa shape index (κ2) is 7.57. The average Bonchev–Trinajstić information content (AvgIpc) is 2.51. The summed E-state index contributed by atoms with van der Waals surface area (Å²) in [6.07, 6.45) is 1.59. The van der Waals surface area contributed by atoms with Gasteiger partial charge >= 0.3 is 0 Å². The van der Waals surface area contributed by atoms with Gasteiger partial charge in [0.05, 0.1) is 6.42 Å². The molecule has 1 aliphatic heterocycles. The Morgan fingerprint density at radius 1 is 1.19 bits per heavy atom. The SMILES string of the molecule is CCC(CN)N1CCN(C(=O)Cc2ccc(C)cc2)CC1. The van der Waals surface area contributed by atoms with Crippen LogP contribution in [0.1, 0.15) is 24.5 Å². The summed E-state index contributed by atoms with van der Waals surface area (Å²) in [6, 6.07) is 8.68. The Balaban J connectivity index is 1.84. The minimum absolute atomic E-state index is 0.235. The van der Waals surface area contributed by atoms with Gasteiger partial charge in [-0.3, -0.25) is 9.69 Å². The van der Waals surface area contributed by atoms with Crippen molar-refractivity contribution in [3.05, 3.63) is 35.4 Å². The molecule has 1 unspecified atom stereocenters. The van der Waals surface area contributed by atoms with Gasteiger partial charge in [-0.15, -0.1) is 0 Å². The molecule has 4 heteroatoms. The van der Waals surface area contributed by atoms with Crippen molar-refractivity contribution < 1.29 is 4.79 Å². The molecule has 1 saturated heterocycles. The Bertz CT molecular complexity index is 446. The lowest BCUT2D eigenvalue weighted by molar-refractivity contribution is -0.132. The number of carbonyl (C=O) groups excluding carboxylic acids is 1. The first-order valence-corrected chi connectivity index (χ1v) is 7.91. The summed E-state index contributed by atoms with van der Waals surface area (Å²) in [5.41, 5.74) is 8.13. The molecule has 0 radical (unpaired) electrons. The minimum atomic E-state index is 0.235. The largest absolute Gasteiger partial charge is 0.340 e. The van der Waals surface area contributed by atoms with Crippen molar-refractivity contribution in [2.24, 2.45) is 5.73 Å². The molecule has 0 aromatic heterocycles. The number of aryl methyl sites for hydroxylation is 1. The second-order valence-corrected chi connectivity index (χ2v) is 5.88. The molecule has 1 fully saturated rings. The normalized spacial score (nSPS) is 17.8. The number of nitrogens with two attached hydrogens (primary N) is 1. The number of amides is 1. The Morgan fingerprint density at radius 2 is 1.81 bits per heavy atom. The molecule has 1 atom stereocenters. The van der Waals surface area contributed by atoms with E-state index >= 15 is 0 Å². The van der Waals surface area contributed by atoms with Crippen LogP contribution >= 0.6 is 0 Å². The zero-order chi connectivity index (χ0) is 15.2. The van der Waals surface area contributed by atoms with Crippen LogP contribution in [0.3, 0.4) is 0 Å². The van der Waals surface area contributed by atoms with E-state index in [0.29, 0.717) is 19.0 Å². The van der Waals surface area contributed by atoms with Crippen molar-refractivity contribution >= 4 is 5.91 Å². The van der Waals surface area contributed by atoms with Crippen LogP contribution in [0.2, 0.25) is 0 Å². The van der Waals surface area contributed by atoms with Gasteiger partial charge in [0.2, 0.25) is 5.91 Å². The highest BCUT2D eigenvalue weighted by atomic mass is 16.2. The Morgan fingerprint density at radius 3 is 2.33 bits per heavy atom. The van der Waals surface area contributed by atoms with Crippen molar-refractivity contribution in [1.29, 1.82) is 0 Å². The lowest BCUT2D eigenvalue weighted by Gasteiger charge is -2.38. The maximum atomic E-state index is 12.4. The van der Waals surface area contributed by atoms with Crippen LogP contribution in [0.4, 0.5) is 0 Å². The van der Waals surface area contributed by atoms with Crippen molar-refractivity contribution in [2.75, 3.05) is 32.7 Å². The van der Waals surface area contributed by atoms with Crippen LogP contribution in [0.25, 0.3) is 0 Å². The quantitative estimate of drug-likeness (QED) is 0.892. The van der Waals surface area contributed by atoms with Crippen LogP contribution in [0, 0.1) is 6.92 Å². The van der Waals surface area contributed by atoms with Crippen molar-refractivity contribution in [3.63, 3.8) is 0 Å². The highest BCUT2D eigenvalue weighted by Crippen LogP contribution is 2.11. The van der Waals surface area contributed by atoms with E-state index < -0.39 is 0 Å². The predicted molar refractivity (Wildman–Crippen MR) is 86.2 cm³/mol. The van der Waals surface area contributed by atoms with Crippen LogP contribution in [-0.4, -0.2) is 54.5 Å². The molecule has 2 N–H and O–H groups in total. The average molecular weight is 289 g/mol. The molecule has 1 aromatic rings. The number of carbonyl (C=O) groups is 1. The van der Waals surface area contributed by atoms with Gasteiger partial charge in [-0.05, 0) is 18.9 Å². The first-order valence-electron chi connectivity index (χ1n) is 7.91. The summed E-state index contributed by atoms with van der Waals surface area (Å²) >= 11 is 0. The molecule has 1 amide bonds. The third-order valence-electron chi connectivity index (χ3n) is 4.40. The van der Waals surface area contributed by atoms with E-state index in [-0.39, 0.29) is 5.91 Å². The molecule has 116 valence electrons. The van der Waals surface area contributed by atoms with Crippen molar-refractivity contribution in [2.45, 2.75) is 32.7 Å². The zero-order valence-electron chi connectivity index (χ0n) is 13.2. The van der Waals surface area contributed by atoms with E-state index in [9.17, 15) is 4.79 Å². The van der Waals surface area contributed by atoms with E-state index in [1.54, 1.807) is 0 Å². The number of rotatable bonds is 5. The van der Waals surface area contributed by atoms with Crippen LogP contribution in [0.5, 0.6) is 0 Å². The summed E-state index contributed by atoms with van der Waals surface area (Å²) in [4.78, 5) is 16.7. The van der Waals surface area contributed by atoms with Gasteiger partial charge in [0.1, 0.15) is 0 Å². The molecule has 2 rings (SSSR count).